The molecule has 5 nitrogen and oxygen atoms in total. The number of amides is 1. The molecule has 0 unspecified atom stereocenters. The van der Waals surface area contributed by atoms with E-state index in [1.165, 1.54) is 21.6 Å². The molecule has 1 saturated heterocycles. The highest BCUT2D eigenvalue weighted by atomic mass is 32.1. The van der Waals surface area contributed by atoms with Crippen molar-refractivity contribution in [1.29, 1.82) is 0 Å². The molecule has 1 aromatic heterocycles. The molecule has 1 aliphatic heterocycles. The molecule has 1 fully saturated rings. The van der Waals surface area contributed by atoms with E-state index in [-0.39, 0.29) is 5.91 Å². The number of aryl methyl sites for hydroxylation is 4. The van der Waals surface area contributed by atoms with Crippen LogP contribution in [-0.4, -0.2) is 50.3 Å². The lowest BCUT2D eigenvalue weighted by molar-refractivity contribution is -0.906. The number of carbonyl (C=O) groups excluding carboxylic acids is 1. The van der Waals surface area contributed by atoms with E-state index < -0.39 is 0 Å². The van der Waals surface area contributed by atoms with Gasteiger partial charge < -0.3 is 9.64 Å². The summed E-state index contributed by atoms with van der Waals surface area (Å²) in [5.74, 6) is 0.0349. The van der Waals surface area contributed by atoms with Gasteiger partial charge in [-0.1, -0.05) is 29.0 Å². The molecule has 0 atom stereocenters. The van der Waals surface area contributed by atoms with Gasteiger partial charge in [-0.15, -0.1) is 0 Å². The molecule has 2 heterocycles. The number of morpholine rings is 1. The largest absolute Gasteiger partial charge is 0.370 e. The molecule has 0 bridgehead atoms. The third-order valence-corrected chi connectivity index (χ3v) is 7.01. The summed E-state index contributed by atoms with van der Waals surface area (Å²) >= 11 is 1.61. The molecule has 6 heteroatoms. The van der Waals surface area contributed by atoms with Gasteiger partial charge in [0.2, 0.25) is 0 Å². The summed E-state index contributed by atoms with van der Waals surface area (Å²) in [5, 5.41) is 0.785. The number of nitrogens with one attached hydrogen (secondary N) is 1. The fourth-order valence-corrected chi connectivity index (χ4v) is 5.02. The molecular weight excluding hydrogens is 394 g/mol. The summed E-state index contributed by atoms with van der Waals surface area (Å²) in [6.45, 7) is 13.4. The normalized spacial score (nSPS) is 14.9. The van der Waals surface area contributed by atoms with Crippen molar-refractivity contribution in [2.24, 2.45) is 0 Å². The zero-order valence-electron chi connectivity index (χ0n) is 18.2. The Bertz CT molecular complexity index is 1030. The van der Waals surface area contributed by atoms with Gasteiger partial charge in [0.05, 0.1) is 36.5 Å². The maximum atomic E-state index is 13.6. The molecule has 1 aliphatic rings. The van der Waals surface area contributed by atoms with Crippen molar-refractivity contribution in [2.75, 3.05) is 44.3 Å². The number of hydrogen-bond donors (Lipinski definition) is 1. The van der Waals surface area contributed by atoms with E-state index in [2.05, 4.69) is 39.0 Å². The van der Waals surface area contributed by atoms with Gasteiger partial charge in [0.25, 0.3) is 5.91 Å². The van der Waals surface area contributed by atoms with E-state index in [0.717, 1.165) is 59.3 Å². The van der Waals surface area contributed by atoms with Crippen LogP contribution in [0, 0.1) is 27.7 Å². The summed E-state index contributed by atoms with van der Waals surface area (Å²) in [4.78, 5) is 21.8. The molecule has 30 heavy (non-hydrogen) atoms. The molecule has 2 aromatic carbocycles. The molecule has 0 radical (unpaired) electrons. The monoisotopic (exact) mass is 424 g/mol. The van der Waals surface area contributed by atoms with E-state index in [1.807, 2.05) is 24.0 Å². The number of hydrogen-bond acceptors (Lipinski definition) is 4. The lowest BCUT2D eigenvalue weighted by atomic mass is 10.0. The Labute approximate surface area is 182 Å². The van der Waals surface area contributed by atoms with Crippen molar-refractivity contribution in [3.8, 4) is 0 Å². The number of benzene rings is 2. The summed E-state index contributed by atoms with van der Waals surface area (Å²) in [6.07, 6.45) is 0. The Morgan fingerprint density at radius 1 is 1.07 bits per heavy atom. The summed E-state index contributed by atoms with van der Waals surface area (Å²) in [6, 6.07) is 10.3. The van der Waals surface area contributed by atoms with Gasteiger partial charge in [-0.3, -0.25) is 9.69 Å². The predicted molar refractivity (Wildman–Crippen MR) is 123 cm³/mol. The van der Waals surface area contributed by atoms with Crippen molar-refractivity contribution < 1.29 is 14.4 Å². The number of ether oxygens (including phenoxy) is 1. The highest BCUT2D eigenvalue weighted by Crippen LogP contribution is 2.31. The lowest BCUT2D eigenvalue weighted by Crippen LogP contribution is -3.14. The van der Waals surface area contributed by atoms with Crippen LogP contribution in [0.5, 0.6) is 0 Å². The molecule has 158 valence electrons. The number of carbonyl (C=O) groups is 1. The Morgan fingerprint density at radius 3 is 2.53 bits per heavy atom. The van der Waals surface area contributed by atoms with Gasteiger partial charge >= 0.3 is 0 Å². The van der Waals surface area contributed by atoms with Crippen molar-refractivity contribution in [2.45, 2.75) is 27.7 Å². The van der Waals surface area contributed by atoms with Gasteiger partial charge in [0.1, 0.15) is 13.1 Å². The smallest absolute Gasteiger partial charge is 0.260 e. The van der Waals surface area contributed by atoms with Gasteiger partial charge in [-0.2, -0.15) is 0 Å². The fourth-order valence-electron chi connectivity index (χ4n) is 3.95. The third kappa shape index (κ3) is 4.41. The first kappa shape index (κ1) is 21.0. The first-order valence-electron chi connectivity index (χ1n) is 10.6. The van der Waals surface area contributed by atoms with Crippen LogP contribution in [0.1, 0.15) is 32.6 Å². The van der Waals surface area contributed by atoms with Crippen molar-refractivity contribution in [3.05, 3.63) is 58.1 Å². The van der Waals surface area contributed by atoms with E-state index in [1.54, 1.807) is 11.3 Å². The average Bonchev–Trinajstić information content (AvgIpc) is 3.11. The van der Waals surface area contributed by atoms with E-state index >= 15 is 0 Å². The molecule has 0 spiro atoms. The standard InChI is InChI=1S/C24H29N3O2S/c1-16-5-6-20(19(4)13-16)23(28)27(8-7-26-9-11-29-12-10-26)24-25-21-14-17(2)18(3)15-22(21)30-24/h5-6,13-15H,7-12H2,1-4H3/p+1. The molecular formula is C24H30N3O2S+. The first-order chi connectivity index (χ1) is 14.4. The molecule has 1 amide bonds. The number of nitrogens with zero attached hydrogens (tertiary/aromatic N) is 2. The maximum Gasteiger partial charge on any atom is 0.260 e. The Morgan fingerprint density at radius 2 is 1.80 bits per heavy atom. The SMILES string of the molecule is Cc1ccc(C(=O)N(CC[NH+]2CCOCC2)c2nc3cc(C)c(C)cc3s2)c(C)c1. The minimum absolute atomic E-state index is 0.0349. The van der Waals surface area contributed by atoms with Crippen LogP contribution in [0.3, 0.4) is 0 Å². The topological polar surface area (TPSA) is 46.9 Å². The Balaban J connectivity index is 1.68. The zero-order chi connectivity index (χ0) is 21.3. The second-order valence-corrected chi connectivity index (χ2v) is 9.30. The minimum atomic E-state index is 0.0349. The first-order valence-corrected chi connectivity index (χ1v) is 11.4. The Hall–Kier alpha value is -2.28. The lowest BCUT2D eigenvalue weighted by Gasteiger charge is -2.27. The second kappa shape index (κ2) is 8.84. The molecule has 3 aromatic rings. The van der Waals surface area contributed by atoms with Gasteiger partial charge in [0, 0.05) is 5.56 Å². The van der Waals surface area contributed by atoms with Gasteiger partial charge in [-0.05, 0) is 62.6 Å². The van der Waals surface area contributed by atoms with E-state index in [0.29, 0.717) is 6.54 Å². The zero-order valence-corrected chi connectivity index (χ0v) is 19.1. The molecule has 1 N–H and O–H groups in total. The minimum Gasteiger partial charge on any atom is -0.370 e. The van der Waals surface area contributed by atoms with Crippen molar-refractivity contribution in [1.82, 2.24) is 4.98 Å². The van der Waals surface area contributed by atoms with Crippen LogP contribution in [0.4, 0.5) is 5.13 Å². The van der Waals surface area contributed by atoms with Crippen LogP contribution in [0.2, 0.25) is 0 Å². The van der Waals surface area contributed by atoms with Crippen LogP contribution in [0.15, 0.2) is 30.3 Å². The number of thiazole rings is 1. The van der Waals surface area contributed by atoms with E-state index in [9.17, 15) is 4.79 Å². The molecule has 0 aliphatic carbocycles. The van der Waals surface area contributed by atoms with Crippen molar-refractivity contribution >= 4 is 32.6 Å². The second-order valence-electron chi connectivity index (χ2n) is 8.29. The van der Waals surface area contributed by atoms with Gasteiger partial charge in [0.15, 0.2) is 5.13 Å². The van der Waals surface area contributed by atoms with Crippen LogP contribution in [-0.2, 0) is 4.74 Å². The van der Waals surface area contributed by atoms with Gasteiger partial charge in [-0.25, -0.2) is 4.98 Å². The summed E-state index contributed by atoms with van der Waals surface area (Å²) in [7, 11) is 0. The summed E-state index contributed by atoms with van der Waals surface area (Å²) in [5.41, 5.74) is 6.38. The van der Waals surface area contributed by atoms with Crippen LogP contribution >= 0.6 is 11.3 Å². The average molecular weight is 425 g/mol. The highest BCUT2D eigenvalue weighted by Gasteiger charge is 2.25. The third-order valence-electron chi connectivity index (χ3n) is 5.97. The quantitative estimate of drug-likeness (QED) is 0.685. The number of aromatic nitrogens is 1. The number of rotatable bonds is 5. The molecule has 0 saturated carbocycles. The fraction of sp³-hybridized carbons (Fsp3) is 0.417. The van der Waals surface area contributed by atoms with Crippen LogP contribution in [0.25, 0.3) is 10.2 Å². The van der Waals surface area contributed by atoms with E-state index in [4.69, 9.17) is 9.72 Å². The summed E-state index contributed by atoms with van der Waals surface area (Å²) < 4.78 is 6.62. The highest BCUT2D eigenvalue weighted by molar-refractivity contribution is 7.22. The number of quaternary nitrogens is 1. The Kier molecular flexibility index (Phi) is 6.18. The van der Waals surface area contributed by atoms with Crippen molar-refractivity contribution in [3.63, 3.8) is 0 Å². The van der Waals surface area contributed by atoms with Crippen LogP contribution < -0.4 is 9.80 Å². The predicted octanol–water partition coefficient (Wildman–Crippen LogP) is 3.09. The maximum absolute atomic E-state index is 13.6. The number of anilines is 1. The molecule has 4 rings (SSSR count). The number of fused-ring (bicyclic) bond motifs is 1.